The summed E-state index contributed by atoms with van der Waals surface area (Å²) in [6.45, 7) is 4.05. The molecule has 0 saturated heterocycles. The summed E-state index contributed by atoms with van der Waals surface area (Å²) in [6.07, 6.45) is 4.44. The second kappa shape index (κ2) is 2.30. The van der Waals surface area contributed by atoms with E-state index in [2.05, 4.69) is 11.9 Å². The minimum absolute atomic E-state index is 0.390. The van der Waals surface area contributed by atoms with E-state index < -0.39 is 5.60 Å². The van der Waals surface area contributed by atoms with Crippen molar-refractivity contribution in [1.82, 2.24) is 4.98 Å². The van der Waals surface area contributed by atoms with E-state index >= 15 is 0 Å². The van der Waals surface area contributed by atoms with Gasteiger partial charge in [0.25, 0.3) is 0 Å². The van der Waals surface area contributed by atoms with Gasteiger partial charge in [0.05, 0.1) is 5.60 Å². The lowest BCUT2D eigenvalue weighted by atomic mass is 10.1. The summed E-state index contributed by atoms with van der Waals surface area (Å²) in [6, 6.07) is 2.01. The van der Waals surface area contributed by atoms with Crippen LogP contribution in [0.4, 0.5) is 0 Å². The number of hydrogen-bond donors (Lipinski definition) is 1. The van der Waals surface area contributed by atoms with Gasteiger partial charge >= 0.3 is 0 Å². The van der Waals surface area contributed by atoms with Crippen LogP contribution in [0.15, 0.2) is 18.5 Å². The van der Waals surface area contributed by atoms with E-state index in [0.29, 0.717) is 5.92 Å². The Bertz CT molecular complexity index is 310. The topological polar surface area (TPSA) is 33.1 Å². The smallest absolute Gasteiger partial charge is 0.0941 e. The highest BCUT2D eigenvalue weighted by Gasteiger charge is 2.51. The van der Waals surface area contributed by atoms with Crippen LogP contribution >= 0.6 is 0 Å². The zero-order valence-corrected chi connectivity index (χ0v) is 7.41. The maximum absolute atomic E-state index is 9.95. The van der Waals surface area contributed by atoms with E-state index in [1.165, 1.54) is 0 Å². The van der Waals surface area contributed by atoms with Crippen LogP contribution in [0.2, 0.25) is 0 Å². The number of rotatable bonds is 1. The first-order valence-corrected chi connectivity index (χ1v) is 4.27. The number of nitrogens with zero attached hydrogens (tertiary/aromatic N) is 1. The van der Waals surface area contributed by atoms with E-state index in [0.717, 1.165) is 17.5 Å². The third-order valence-corrected chi connectivity index (χ3v) is 2.65. The molecule has 0 bridgehead atoms. The highest BCUT2D eigenvalue weighted by molar-refractivity contribution is 5.29. The molecule has 1 aliphatic rings. The summed E-state index contributed by atoms with van der Waals surface area (Å²) < 4.78 is 0. The maximum Gasteiger partial charge on any atom is 0.0941 e. The van der Waals surface area contributed by atoms with E-state index in [9.17, 15) is 5.11 Å². The van der Waals surface area contributed by atoms with Gasteiger partial charge < -0.3 is 5.11 Å². The van der Waals surface area contributed by atoms with Gasteiger partial charge in [0.1, 0.15) is 0 Å². The van der Waals surface area contributed by atoms with Crippen LogP contribution in [0, 0.1) is 12.8 Å². The van der Waals surface area contributed by atoms with Crippen LogP contribution in [0.3, 0.4) is 0 Å². The molecule has 2 unspecified atom stereocenters. The fourth-order valence-corrected chi connectivity index (χ4v) is 1.60. The van der Waals surface area contributed by atoms with Crippen molar-refractivity contribution in [1.29, 1.82) is 0 Å². The van der Waals surface area contributed by atoms with Gasteiger partial charge in [-0.2, -0.15) is 0 Å². The molecule has 2 heteroatoms. The van der Waals surface area contributed by atoms with Gasteiger partial charge in [-0.1, -0.05) is 13.0 Å². The minimum atomic E-state index is -0.570. The lowest BCUT2D eigenvalue weighted by molar-refractivity contribution is 0.134. The Morgan fingerprint density at radius 3 is 2.75 bits per heavy atom. The molecule has 1 N–H and O–H groups in total. The summed E-state index contributed by atoms with van der Waals surface area (Å²) in [5.74, 6) is 0.390. The van der Waals surface area contributed by atoms with Crippen LogP contribution in [-0.2, 0) is 5.60 Å². The van der Waals surface area contributed by atoms with Gasteiger partial charge in [-0.05, 0) is 24.8 Å². The molecule has 2 rings (SSSR count). The predicted molar refractivity (Wildman–Crippen MR) is 46.7 cm³/mol. The number of hydrogen-bond acceptors (Lipinski definition) is 2. The monoisotopic (exact) mass is 163 g/mol. The maximum atomic E-state index is 9.95. The number of aromatic nitrogens is 1. The van der Waals surface area contributed by atoms with Gasteiger partial charge in [0.2, 0.25) is 0 Å². The van der Waals surface area contributed by atoms with Gasteiger partial charge in [-0.3, -0.25) is 4.98 Å². The highest BCUT2D eigenvalue weighted by atomic mass is 16.3. The molecule has 1 fully saturated rings. The summed E-state index contributed by atoms with van der Waals surface area (Å²) in [4.78, 5) is 4.07. The van der Waals surface area contributed by atoms with Crippen LogP contribution < -0.4 is 0 Å². The van der Waals surface area contributed by atoms with Crippen molar-refractivity contribution in [3.8, 4) is 0 Å². The Labute approximate surface area is 72.3 Å². The Hall–Kier alpha value is -0.890. The molecule has 0 spiro atoms. The fourth-order valence-electron chi connectivity index (χ4n) is 1.60. The second-order valence-corrected chi connectivity index (χ2v) is 3.78. The summed E-state index contributed by atoms with van der Waals surface area (Å²) in [5.41, 5.74) is 1.51. The third-order valence-electron chi connectivity index (χ3n) is 2.65. The van der Waals surface area contributed by atoms with Gasteiger partial charge in [0, 0.05) is 18.0 Å². The first-order valence-electron chi connectivity index (χ1n) is 4.27. The lowest BCUT2D eigenvalue weighted by Gasteiger charge is -2.08. The molecular weight excluding hydrogens is 150 g/mol. The average molecular weight is 163 g/mol. The molecule has 0 aromatic carbocycles. The molecule has 2 atom stereocenters. The van der Waals surface area contributed by atoms with Crippen molar-refractivity contribution < 1.29 is 5.11 Å². The molecule has 1 heterocycles. The molecule has 2 nitrogen and oxygen atoms in total. The molecule has 0 aliphatic heterocycles. The average Bonchev–Trinajstić information content (AvgIpc) is 2.61. The second-order valence-electron chi connectivity index (χ2n) is 3.78. The Balaban J connectivity index is 2.36. The molecule has 12 heavy (non-hydrogen) atoms. The summed E-state index contributed by atoms with van der Waals surface area (Å²) in [5, 5.41) is 9.95. The molecule has 0 amide bonds. The number of pyridine rings is 1. The van der Waals surface area contributed by atoms with Crippen molar-refractivity contribution in [2.45, 2.75) is 25.9 Å². The molecule has 1 aromatic rings. The third kappa shape index (κ3) is 1.03. The van der Waals surface area contributed by atoms with Crippen LogP contribution in [0.1, 0.15) is 24.5 Å². The molecule has 1 aromatic heterocycles. The molecular formula is C10H13NO. The van der Waals surface area contributed by atoms with Crippen molar-refractivity contribution in [2.24, 2.45) is 5.92 Å². The SMILES string of the molecule is Cc1cncc(C2(O)CC2C)c1. The molecule has 64 valence electrons. The highest BCUT2D eigenvalue weighted by Crippen LogP contribution is 2.51. The van der Waals surface area contributed by atoms with E-state index in [4.69, 9.17) is 0 Å². The zero-order valence-electron chi connectivity index (χ0n) is 7.41. The summed E-state index contributed by atoms with van der Waals surface area (Å²) in [7, 11) is 0. The minimum Gasteiger partial charge on any atom is -0.385 e. The van der Waals surface area contributed by atoms with Gasteiger partial charge in [0.15, 0.2) is 0 Å². The van der Waals surface area contributed by atoms with E-state index in [1.54, 1.807) is 12.4 Å². The molecule has 0 radical (unpaired) electrons. The zero-order chi connectivity index (χ0) is 8.77. The van der Waals surface area contributed by atoms with Gasteiger partial charge in [-0.15, -0.1) is 0 Å². The lowest BCUT2D eigenvalue weighted by Crippen LogP contribution is -2.07. The predicted octanol–water partition coefficient (Wildman–Crippen LogP) is 1.62. The van der Waals surface area contributed by atoms with E-state index in [-0.39, 0.29) is 0 Å². The number of aryl methyl sites for hydroxylation is 1. The summed E-state index contributed by atoms with van der Waals surface area (Å²) >= 11 is 0. The Morgan fingerprint density at radius 2 is 2.25 bits per heavy atom. The van der Waals surface area contributed by atoms with Crippen molar-refractivity contribution in [3.05, 3.63) is 29.6 Å². The number of aliphatic hydroxyl groups is 1. The first kappa shape index (κ1) is 7.74. The Kier molecular flexibility index (Phi) is 1.48. The van der Waals surface area contributed by atoms with Crippen LogP contribution in [0.5, 0.6) is 0 Å². The first-order chi connectivity index (χ1) is 5.63. The largest absolute Gasteiger partial charge is 0.385 e. The fraction of sp³-hybridized carbons (Fsp3) is 0.500. The normalized spacial score (nSPS) is 33.4. The molecule has 1 saturated carbocycles. The van der Waals surface area contributed by atoms with Crippen LogP contribution in [0.25, 0.3) is 0 Å². The van der Waals surface area contributed by atoms with Crippen molar-refractivity contribution >= 4 is 0 Å². The van der Waals surface area contributed by atoms with Gasteiger partial charge in [-0.25, -0.2) is 0 Å². The standard InChI is InChI=1S/C10H13NO/c1-7-3-9(6-11-5-7)10(12)4-8(10)2/h3,5-6,8,12H,4H2,1-2H3. The quantitative estimate of drug-likeness (QED) is 0.682. The van der Waals surface area contributed by atoms with Crippen molar-refractivity contribution in [2.75, 3.05) is 0 Å². The van der Waals surface area contributed by atoms with E-state index in [1.807, 2.05) is 13.0 Å². The Morgan fingerprint density at radius 1 is 1.58 bits per heavy atom. The molecule has 1 aliphatic carbocycles. The van der Waals surface area contributed by atoms with Crippen molar-refractivity contribution in [3.63, 3.8) is 0 Å². The van der Waals surface area contributed by atoms with Crippen LogP contribution in [-0.4, -0.2) is 10.1 Å².